The number of primary amides is 1. The molecule has 178 valence electrons. The van der Waals surface area contributed by atoms with Crippen molar-refractivity contribution in [2.75, 3.05) is 13.2 Å². The van der Waals surface area contributed by atoms with Gasteiger partial charge in [-0.2, -0.15) is 0 Å². The molecule has 2 heterocycles. The third-order valence-electron chi connectivity index (χ3n) is 5.97. The maximum Gasteiger partial charge on any atom is 0.313 e. The van der Waals surface area contributed by atoms with Crippen molar-refractivity contribution < 1.29 is 23.5 Å². The first-order valence-corrected chi connectivity index (χ1v) is 11.2. The summed E-state index contributed by atoms with van der Waals surface area (Å²) in [6.07, 6.45) is 2.28. The number of nitrogens with two attached hydrogens (primary N) is 2. The van der Waals surface area contributed by atoms with E-state index in [2.05, 4.69) is 5.32 Å². The van der Waals surface area contributed by atoms with Crippen LogP contribution in [0.5, 0.6) is 5.75 Å². The molecule has 9 heteroatoms. The van der Waals surface area contributed by atoms with Gasteiger partial charge in [0.25, 0.3) is 0 Å². The molecular formula is C25H28N4O5. The Morgan fingerprint density at radius 1 is 1.21 bits per heavy atom. The van der Waals surface area contributed by atoms with Crippen molar-refractivity contribution in [3.05, 3.63) is 65.6 Å². The van der Waals surface area contributed by atoms with Crippen molar-refractivity contribution in [1.82, 2.24) is 5.32 Å². The minimum atomic E-state index is -0.566. The number of hydrogen-bond acceptors (Lipinski definition) is 7. The minimum Gasteiger partial charge on any atom is -0.489 e. The molecular weight excluding hydrogens is 436 g/mol. The van der Waals surface area contributed by atoms with Crippen LogP contribution in [0.15, 0.2) is 53.1 Å². The largest absolute Gasteiger partial charge is 0.489 e. The molecule has 6 N–H and O–H groups in total. The zero-order valence-corrected chi connectivity index (χ0v) is 18.9. The van der Waals surface area contributed by atoms with E-state index in [1.807, 2.05) is 18.2 Å². The van der Waals surface area contributed by atoms with Gasteiger partial charge in [0.2, 0.25) is 5.91 Å². The highest BCUT2D eigenvalue weighted by atomic mass is 16.5. The number of esters is 1. The molecule has 34 heavy (non-hydrogen) atoms. The summed E-state index contributed by atoms with van der Waals surface area (Å²) in [5.41, 5.74) is 12.3. The molecule has 9 nitrogen and oxygen atoms in total. The summed E-state index contributed by atoms with van der Waals surface area (Å²) in [5, 5.41) is 12.3. The number of carbonyl (C=O) groups is 2. The van der Waals surface area contributed by atoms with Crippen molar-refractivity contribution in [1.29, 1.82) is 5.41 Å². The molecule has 3 aromatic rings. The number of amides is 1. The number of furan rings is 1. The number of carbonyl (C=O) groups excluding carboxylic acids is 2. The average molecular weight is 465 g/mol. The van der Waals surface area contributed by atoms with Crippen LogP contribution in [0.25, 0.3) is 10.8 Å². The maximum absolute atomic E-state index is 12.8. The molecule has 1 unspecified atom stereocenters. The summed E-state index contributed by atoms with van der Waals surface area (Å²) < 4.78 is 17.1. The molecule has 1 aliphatic heterocycles. The molecule has 1 aromatic heterocycles. The molecule has 3 atom stereocenters. The van der Waals surface area contributed by atoms with Crippen molar-refractivity contribution in [3.8, 4) is 5.75 Å². The van der Waals surface area contributed by atoms with Gasteiger partial charge in [0, 0.05) is 35.7 Å². The Morgan fingerprint density at radius 2 is 1.97 bits per heavy atom. The predicted molar refractivity (Wildman–Crippen MR) is 127 cm³/mol. The van der Waals surface area contributed by atoms with Crippen LogP contribution in [0.4, 0.5) is 0 Å². The summed E-state index contributed by atoms with van der Waals surface area (Å²) >= 11 is 0. The van der Waals surface area contributed by atoms with Crippen molar-refractivity contribution >= 4 is 28.5 Å². The van der Waals surface area contributed by atoms with Crippen LogP contribution in [-0.4, -0.2) is 43.0 Å². The Bertz CT molecular complexity index is 1200. The van der Waals surface area contributed by atoms with Crippen molar-refractivity contribution in [2.45, 2.75) is 37.8 Å². The molecule has 0 saturated carbocycles. The molecule has 1 amide bonds. The first-order valence-electron chi connectivity index (χ1n) is 11.2. The van der Waals surface area contributed by atoms with Gasteiger partial charge in [0.05, 0.1) is 24.8 Å². The number of amidine groups is 1. The van der Waals surface area contributed by atoms with Gasteiger partial charge < -0.3 is 30.7 Å². The van der Waals surface area contributed by atoms with Gasteiger partial charge in [0.15, 0.2) is 0 Å². The maximum atomic E-state index is 12.8. The number of nitrogen functional groups attached to an aromatic ring is 1. The summed E-state index contributed by atoms with van der Waals surface area (Å²) in [6.45, 7) is 2.58. The van der Waals surface area contributed by atoms with Gasteiger partial charge in [-0.1, -0.05) is 24.3 Å². The third-order valence-corrected chi connectivity index (χ3v) is 5.97. The normalized spacial score (nSPS) is 18.5. The zero-order valence-electron chi connectivity index (χ0n) is 18.9. The molecule has 2 aromatic carbocycles. The van der Waals surface area contributed by atoms with Gasteiger partial charge in [-0.3, -0.25) is 15.0 Å². The molecule has 4 rings (SSSR count). The zero-order chi connectivity index (χ0) is 24.2. The minimum absolute atomic E-state index is 0.0186. The van der Waals surface area contributed by atoms with Gasteiger partial charge in [-0.15, -0.1) is 0 Å². The van der Waals surface area contributed by atoms with E-state index in [1.165, 1.54) is 0 Å². The lowest BCUT2D eigenvalue weighted by molar-refractivity contribution is -0.145. The predicted octanol–water partition coefficient (Wildman–Crippen LogP) is 2.20. The first kappa shape index (κ1) is 23.3. The van der Waals surface area contributed by atoms with Gasteiger partial charge in [0.1, 0.15) is 23.4 Å². The van der Waals surface area contributed by atoms with Crippen molar-refractivity contribution in [2.24, 2.45) is 11.5 Å². The van der Waals surface area contributed by atoms with Crippen LogP contribution in [0, 0.1) is 5.41 Å². The lowest BCUT2D eigenvalue weighted by Crippen LogP contribution is -2.36. The highest BCUT2D eigenvalue weighted by Gasteiger charge is 2.29. The first-order chi connectivity index (χ1) is 16.4. The number of ether oxygens (including phenoxy) is 2. The van der Waals surface area contributed by atoms with Crippen LogP contribution < -0.4 is 21.5 Å². The Labute approximate surface area is 196 Å². The topological polar surface area (TPSA) is 154 Å². The number of nitrogens with one attached hydrogen (secondary N) is 2. The van der Waals surface area contributed by atoms with Crippen LogP contribution in [0.3, 0.4) is 0 Å². The van der Waals surface area contributed by atoms with E-state index in [1.54, 1.807) is 37.5 Å². The number of fused-ring (bicyclic) bond motifs is 1. The van der Waals surface area contributed by atoms with E-state index >= 15 is 0 Å². The Kier molecular flexibility index (Phi) is 6.83. The van der Waals surface area contributed by atoms with E-state index in [0.29, 0.717) is 36.5 Å². The SMILES string of the molecule is CCOC(=O)C(Cc1occ2cc(C(=N)N)ccc12)c1ccc(O[C@@H]2CN[C@H](C(N)=O)C2)cc1. The summed E-state index contributed by atoms with van der Waals surface area (Å²) in [4.78, 5) is 24.2. The lowest BCUT2D eigenvalue weighted by atomic mass is 9.93. The van der Waals surface area contributed by atoms with Crippen LogP contribution in [0.1, 0.15) is 36.1 Å². The Balaban J connectivity index is 1.52. The van der Waals surface area contributed by atoms with E-state index in [-0.39, 0.29) is 36.5 Å². The molecule has 0 spiro atoms. The summed E-state index contributed by atoms with van der Waals surface area (Å²) in [6, 6.07) is 12.3. The highest BCUT2D eigenvalue weighted by molar-refractivity contribution is 5.99. The van der Waals surface area contributed by atoms with Crippen molar-refractivity contribution in [3.63, 3.8) is 0 Å². The van der Waals surface area contributed by atoms with E-state index < -0.39 is 5.92 Å². The number of hydrogen-bond donors (Lipinski definition) is 4. The summed E-state index contributed by atoms with van der Waals surface area (Å²) in [5.74, 6) is -0.0216. The van der Waals surface area contributed by atoms with Gasteiger partial charge in [-0.05, 0) is 30.7 Å². The molecule has 0 aliphatic carbocycles. The Morgan fingerprint density at radius 3 is 2.62 bits per heavy atom. The monoisotopic (exact) mass is 464 g/mol. The average Bonchev–Trinajstić information content (AvgIpc) is 3.45. The molecule has 0 bridgehead atoms. The van der Waals surface area contributed by atoms with Gasteiger partial charge in [-0.25, -0.2) is 0 Å². The van der Waals surface area contributed by atoms with Crippen LogP contribution in [-0.2, 0) is 20.7 Å². The van der Waals surface area contributed by atoms with Gasteiger partial charge >= 0.3 is 5.97 Å². The second-order valence-corrected chi connectivity index (χ2v) is 8.29. The quantitative estimate of drug-likeness (QED) is 0.215. The number of rotatable bonds is 9. The highest BCUT2D eigenvalue weighted by Crippen LogP contribution is 2.30. The van der Waals surface area contributed by atoms with E-state index in [9.17, 15) is 9.59 Å². The Hall–Kier alpha value is -3.85. The standard InChI is InChI=1S/C25H28N4O5/c1-2-32-25(31)20(11-22-19-8-5-15(23(26)27)9-16(19)13-33-22)14-3-6-17(7-4-14)34-18-10-21(24(28)30)29-12-18/h3-9,13,18,20-21,29H,2,10-12H2,1H3,(H3,26,27)(H2,28,30)/t18-,20?,21-/m0/s1. The number of benzene rings is 2. The van der Waals surface area contributed by atoms with E-state index in [4.69, 9.17) is 30.8 Å². The van der Waals surface area contributed by atoms with E-state index in [0.717, 1.165) is 16.3 Å². The molecule has 1 saturated heterocycles. The second-order valence-electron chi connectivity index (χ2n) is 8.29. The fourth-order valence-electron chi connectivity index (χ4n) is 4.18. The lowest BCUT2D eigenvalue weighted by Gasteiger charge is -2.17. The fourth-order valence-corrected chi connectivity index (χ4v) is 4.18. The molecule has 1 fully saturated rings. The molecule has 0 radical (unpaired) electrons. The smallest absolute Gasteiger partial charge is 0.313 e. The second kappa shape index (κ2) is 9.96. The van der Waals surface area contributed by atoms with Crippen LogP contribution in [0.2, 0.25) is 0 Å². The van der Waals surface area contributed by atoms with Crippen LogP contribution >= 0.6 is 0 Å². The summed E-state index contributed by atoms with van der Waals surface area (Å²) in [7, 11) is 0. The third kappa shape index (κ3) is 5.04. The fraction of sp³-hybridized carbons (Fsp3) is 0.320. The molecule has 1 aliphatic rings.